The Morgan fingerprint density at radius 3 is 2.49 bits per heavy atom. The van der Waals surface area contributed by atoms with Crippen LogP contribution in [-0.4, -0.2) is 93.9 Å². The van der Waals surface area contributed by atoms with Crippen molar-refractivity contribution in [2.45, 2.75) is 81.9 Å². The molecule has 2 aromatic rings. The van der Waals surface area contributed by atoms with Crippen molar-refractivity contribution >= 4 is 23.4 Å². The fourth-order valence-corrected chi connectivity index (χ4v) is 5.36. The third-order valence-corrected chi connectivity index (χ3v) is 7.71. The van der Waals surface area contributed by atoms with Crippen molar-refractivity contribution in [3.8, 4) is 5.75 Å². The van der Waals surface area contributed by atoms with E-state index >= 15 is 0 Å². The van der Waals surface area contributed by atoms with Crippen LogP contribution in [0.25, 0.3) is 6.08 Å². The van der Waals surface area contributed by atoms with Gasteiger partial charge in [-0.15, -0.1) is 0 Å². The van der Waals surface area contributed by atoms with Crippen LogP contribution >= 0.6 is 0 Å². The number of carbonyl (C=O) groups excluding carboxylic acids is 1. The van der Waals surface area contributed by atoms with Crippen molar-refractivity contribution in [3.63, 3.8) is 0 Å². The Kier molecular flexibility index (Phi) is 9.62. The highest BCUT2D eigenvalue weighted by molar-refractivity contribution is 5.97. The highest BCUT2D eigenvalue weighted by Crippen LogP contribution is 2.31. The molecule has 13 nitrogen and oxygen atoms in total. The number of amides is 1. The number of carbonyl (C=O) groups is 1. The van der Waals surface area contributed by atoms with E-state index in [0.29, 0.717) is 17.0 Å². The lowest BCUT2D eigenvalue weighted by Crippen LogP contribution is -2.67. The number of nitrogen functional groups attached to an aromatic ring is 1. The predicted octanol–water partition coefficient (Wildman–Crippen LogP) is 0.442. The van der Waals surface area contributed by atoms with E-state index in [-0.39, 0.29) is 31.1 Å². The van der Waals surface area contributed by atoms with Gasteiger partial charge in [0.1, 0.15) is 55.8 Å². The summed E-state index contributed by atoms with van der Waals surface area (Å²) in [6.07, 6.45) is -6.35. The largest absolute Gasteiger partial charge is 0.463 e. The van der Waals surface area contributed by atoms with Crippen LogP contribution in [-0.2, 0) is 30.4 Å². The second-order valence-electron chi connectivity index (χ2n) is 10.9. The SMILES string of the molecule is CC(=Cc1ccc(O[C@H]2C[C@H](O)[C@@H](C(C)=NOCc3ccccc3)O2)c(N)c1)C(=O)N[C@@H]1[C@H](O)[C@@H](O)[C@H]2OCO[C@H]2[C@@H]1O. The van der Waals surface area contributed by atoms with Crippen molar-refractivity contribution in [2.24, 2.45) is 5.16 Å². The predicted molar refractivity (Wildman–Crippen MR) is 153 cm³/mol. The molecule has 0 bridgehead atoms. The van der Waals surface area contributed by atoms with Crippen LogP contribution < -0.4 is 15.8 Å². The van der Waals surface area contributed by atoms with Gasteiger partial charge in [0.15, 0.2) is 0 Å². The van der Waals surface area contributed by atoms with Gasteiger partial charge in [-0.3, -0.25) is 4.79 Å². The molecule has 9 atom stereocenters. The van der Waals surface area contributed by atoms with Crippen LogP contribution in [0.15, 0.2) is 59.3 Å². The van der Waals surface area contributed by atoms with Crippen LogP contribution in [0.5, 0.6) is 5.75 Å². The summed E-state index contributed by atoms with van der Waals surface area (Å²) in [7, 11) is 0. The van der Waals surface area contributed by atoms with Crippen molar-refractivity contribution in [2.75, 3.05) is 12.5 Å². The first-order valence-corrected chi connectivity index (χ1v) is 14.0. The third-order valence-electron chi connectivity index (χ3n) is 7.71. The van der Waals surface area contributed by atoms with E-state index in [2.05, 4.69) is 10.5 Å². The average molecular weight is 600 g/mol. The quantitative estimate of drug-likeness (QED) is 0.101. The number of hydrogen-bond donors (Lipinski definition) is 6. The molecule has 3 fully saturated rings. The summed E-state index contributed by atoms with van der Waals surface area (Å²) in [5.74, 6) is -0.224. The third kappa shape index (κ3) is 6.99. The van der Waals surface area contributed by atoms with Gasteiger partial charge in [0.25, 0.3) is 0 Å². The number of aliphatic hydroxyl groups excluding tert-OH is 4. The molecule has 5 rings (SSSR count). The Morgan fingerprint density at radius 1 is 1.05 bits per heavy atom. The maximum atomic E-state index is 12.9. The minimum atomic E-state index is -1.45. The summed E-state index contributed by atoms with van der Waals surface area (Å²) in [6.45, 7) is 3.44. The standard InChI is InChI=1S/C30H37N3O10/c1-15(30(38)32-23-24(35)26(37)29-28(25(23)36)39-14-40-29)10-18-8-9-21(19(31)11-18)42-22-12-20(34)27(43-22)16(2)33-41-13-17-6-4-3-5-7-17/h3-11,20,22-29,34-37H,12-14,31H2,1-2H3,(H,32,38)/t20-,22+,23+,24-,25+,26+,27+,28-,29+/m0/s1. The molecule has 3 aliphatic rings. The van der Waals surface area contributed by atoms with Crippen molar-refractivity contribution in [1.29, 1.82) is 0 Å². The minimum Gasteiger partial charge on any atom is -0.463 e. The van der Waals surface area contributed by atoms with E-state index in [1.807, 2.05) is 30.3 Å². The topological polar surface area (TPSA) is 195 Å². The van der Waals surface area contributed by atoms with E-state index in [1.54, 1.807) is 38.1 Å². The fourth-order valence-electron chi connectivity index (χ4n) is 5.36. The van der Waals surface area contributed by atoms with Gasteiger partial charge in [-0.2, -0.15) is 0 Å². The van der Waals surface area contributed by atoms with E-state index < -0.39 is 61.0 Å². The zero-order valence-corrected chi connectivity index (χ0v) is 23.8. The molecule has 43 heavy (non-hydrogen) atoms. The van der Waals surface area contributed by atoms with Gasteiger partial charge < -0.3 is 55.3 Å². The number of fused-ring (bicyclic) bond motifs is 1. The fraction of sp³-hybridized carbons (Fsp3) is 0.467. The van der Waals surface area contributed by atoms with Crippen molar-refractivity contribution < 1.29 is 49.0 Å². The Labute approximate surface area is 248 Å². The molecular weight excluding hydrogens is 562 g/mol. The van der Waals surface area contributed by atoms with E-state index in [4.69, 9.17) is 29.5 Å². The lowest BCUT2D eigenvalue weighted by atomic mass is 9.83. The molecule has 1 aliphatic carbocycles. The first-order chi connectivity index (χ1) is 20.6. The molecular formula is C30H37N3O10. The first-order valence-electron chi connectivity index (χ1n) is 14.0. The summed E-state index contributed by atoms with van der Waals surface area (Å²) in [6, 6.07) is 13.4. The number of aliphatic hydroxyl groups is 4. The zero-order valence-electron chi connectivity index (χ0n) is 23.8. The molecule has 2 saturated heterocycles. The van der Waals surface area contributed by atoms with Gasteiger partial charge in [0.2, 0.25) is 12.2 Å². The lowest BCUT2D eigenvalue weighted by molar-refractivity contribution is -0.155. The van der Waals surface area contributed by atoms with Gasteiger partial charge >= 0.3 is 0 Å². The highest BCUT2D eigenvalue weighted by atomic mass is 16.7. The van der Waals surface area contributed by atoms with Crippen LogP contribution in [0.3, 0.4) is 0 Å². The molecule has 232 valence electrons. The lowest BCUT2D eigenvalue weighted by Gasteiger charge is -2.41. The molecule has 0 radical (unpaired) electrons. The summed E-state index contributed by atoms with van der Waals surface area (Å²) in [4.78, 5) is 18.3. The van der Waals surface area contributed by atoms with E-state index in [1.165, 1.54) is 0 Å². The molecule has 13 heteroatoms. The summed E-state index contributed by atoms with van der Waals surface area (Å²) >= 11 is 0. The van der Waals surface area contributed by atoms with Gasteiger partial charge in [0.05, 0.1) is 23.5 Å². The molecule has 2 heterocycles. The molecule has 2 aromatic carbocycles. The maximum Gasteiger partial charge on any atom is 0.247 e. The molecule has 7 N–H and O–H groups in total. The molecule has 0 spiro atoms. The van der Waals surface area contributed by atoms with E-state index in [9.17, 15) is 25.2 Å². The number of rotatable bonds is 9. The normalized spacial score (nSPS) is 32.7. The Bertz CT molecular complexity index is 1340. The number of nitrogens with zero attached hydrogens (tertiary/aromatic N) is 1. The number of benzene rings is 2. The molecule has 2 aliphatic heterocycles. The zero-order chi connectivity index (χ0) is 30.7. The van der Waals surface area contributed by atoms with Crippen LogP contribution in [0, 0.1) is 0 Å². The smallest absolute Gasteiger partial charge is 0.247 e. The molecule has 1 amide bonds. The van der Waals surface area contributed by atoms with Gasteiger partial charge in [-0.1, -0.05) is 41.6 Å². The number of oxime groups is 1. The monoisotopic (exact) mass is 599 g/mol. The Balaban J connectivity index is 1.16. The van der Waals surface area contributed by atoms with Crippen molar-refractivity contribution in [1.82, 2.24) is 5.32 Å². The average Bonchev–Trinajstić information content (AvgIpc) is 3.63. The first kappa shape index (κ1) is 30.9. The van der Waals surface area contributed by atoms with Crippen LogP contribution in [0.1, 0.15) is 31.4 Å². The number of anilines is 1. The van der Waals surface area contributed by atoms with Crippen molar-refractivity contribution in [3.05, 3.63) is 65.2 Å². The van der Waals surface area contributed by atoms with Gasteiger partial charge in [0, 0.05) is 12.0 Å². The van der Waals surface area contributed by atoms with E-state index in [0.717, 1.165) is 5.56 Å². The van der Waals surface area contributed by atoms with Crippen LogP contribution in [0.4, 0.5) is 5.69 Å². The van der Waals surface area contributed by atoms with Gasteiger partial charge in [-0.05, 0) is 43.2 Å². The number of nitrogens with one attached hydrogen (secondary N) is 1. The highest BCUT2D eigenvalue weighted by Gasteiger charge is 2.53. The number of hydrogen-bond acceptors (Lipinski definition) is 12. The second kappa shape index (κ2) is 13.4. The minimum absolute atomic E-state index is 0.122. The maximum absolute atomic E-state index is 12.9. The second-order valence-corrected chi connectivity index (χ2v) is 10.9. The molecule has 0 aromatic heterocycles. The summed E-state index contributed by atoms with van der Waals surface area (Å²) < 4.78 is 22.3. The van der Waals surface area contributed by atoms with Crippen LogP contribution in [0.2, 0.25) is 0 Å². The molecule has 1 saturated carbocycles. The Hall–Kier alpha value is -3.56. The number of ether oxygens (including phenoxy) is 4. The summed E-state index contributed by atoms with van der Waals surface area (Å²) in [5, 5.41) is 48.6. The molecule has 0 unspecified atom stereocenters. The Morgan fingerprint density at radius 2 is 1.77 bits per heavy atom. The summed E-state index contributed by atoms with van der Waals surface area (Å²) in [5.41, 5.74) is 8.80. The number of nitrogens with two attached hydrogens (primary N) is 1. The van der Waals surface area contributed by atoms with Gasteiger partial charge in [-0.25, -0.2) is 0 Å².